The molecule has 0 radical (unpaired) electrons. The molecule has 0 spiro atoms. The lowest BCUT2D eigenvalue weighted by molar-refractivity contribution is -0.110. The van der Waals surface area contributed by atoms with Crippen molar-refractivity contribution in [3.63, 3.8) is 0 Å². The first kappa shape index (κ1) is 12.3. The maximum atomic E-state index is 11.3. The van der Waals surface area contributed by atoms with Crippen LogP contribution < -0.4 is 0 Å². The number of hydrogen-bond donors (Lipinski definition) is 0. The van der Waals surface area contributed by atoms with Crippen molar-refractivity contribution in [1.29, 1.82) is 0 Å². The van der Waals surface area contributed by atoms with Crippen molar-refractivity contribution in [1.82, 2.24) is 0 Å². The van der Waals surface area contributed by atoms with Crippen molar-refractivity contribution in [3.05, 3.63) is 53.8 Å². The molecule has 1 aliphatic carbocycles. The van der Waals surface area contributed by atoms with E-state index in [0.29, 0.717) is 11.4 Å². The Morgan fingerprint density at radius 3 is 2.56 bits per heavy atom. The van der Waals surface area contributed by atoms with Crippen LogP contribution in [-0.4, -0.2) is 16.7 Å². The van der Waals surface area contributed by atoms with Gasteiger partial charge in [-0.05, 0) is 43.4 Å². The van der Waals surface area contributed by atoms with Gasteiger partial charge in [0.1, 0.15) is 5.70 Å². The van der Waals surface area contributed by atoms with Gasteiger partial charge in [0.25, 0.3) is 0 Å². The number of isothiocyanates is 1. The molecule has 0 aromatic heterocycles. The molecule has 0 amide bonds. The summed E-state index contributed by atoms with van der Waals surface area (Å²) in [4.78, 5) is 19.5. The molecule has 88 valence electrons. The van der Waals surface area contributed by atoms with Gasteiger partial charge in [-0.3, -0.25) is 4.79 Å². The summed E-state index contributed by atoms with van der Waals surface area (Å²) in [7, 11) is 0. The molecule has 0 saturated heterocycles. The van der Waals surface area contributed by atoms with E-state index < -0.39 is 0 Å². The molecule has 0 saturated carbocycles. The van der Waals surface area contributed by atoms with Crippen LogP contribution in [0.1, 0.15) is 5.56 Å². The van der Waals surface area contributed by atoms with Gasteiger partial charge in [-0.15, -0.1) is 0 Å². The average molecular weight is 254 g/mol. The van der Waals surface area contributed by atoms with E-state index in [2.05, 4.69) is 27.4 Å². The highest BCUT2D eigenvalue weighted by molar-refractivity contribution is 7.78. The summed E-state index contributed by atoms with van der Waals surface area (Å²) < 4.78 is 0. The van der Waals surface area contributed by atoms with E-state index in [1.54, 1.807) is 6.08 Å². The predicted molar refractivity (Wildman–Crippen MR) is 75.5 cm³/mol. The summed E-state index contributed by atoms with van der Waals surface area (Å²) in [5.41, 5.74) is 3.02. The van der Waals surface area contributed by atoms with Gasteiger partial charge in [0.05, 0.1) is 16.6 Å². The van der Waals surface area contributed by atoms with Gasteiger partial charge in [0.15, 0.2) is 5.78 Å². The number of ketones is 1. The highest BCUT2D eigenvalue weighted by Crippen LogP contribution is 2.17. The van der Waals surface area contributed by atoms with Crippen molar-refractivity contribution in [2.45, 2.75) is 6.92 Å². The van der Waals surface area contributed by atoms with E-state index in [9.17, 15) is 4.79 Å². The molecule has 0 aliphatic heterocycles. The van der Waals surface area contributed by atoms with Crippen molar-refractivity contribution in [2.24, 2.45) is 9.98 Å². The molecule has 2 rings (SSSR count). The molecule has 0 fully saturated rings. The van der Waals surface area contributed by atoms with Crippen LogP contribution in [0, 0.1) is 6.92 Å². The Balaban J connectivity index is 2.39. The van der Waals surface area contributed by atoms with Crippen LogP contribution in [0.3, 0.4) is 0 Å². The number of nitrogens with zero attached hydrogens (tertiary/aromatic N) is 2. The molecule has 1 aromatic rings. The molecule has 0 heterocycles. The highest BCUT2D eigenvalue weighted by atomic mass is 32.1. The third-order valence-electron chi connectivity index (χ3n) is 2.40. The smallest absolute Gasteiger partial charge is 0.180 e. The van der Waals surface area contributed by atoms with E-state index in [0.717, 1.165) is 5.69 Å². The minimum atomic E-state index is -0.123. The molecule has 18 heavy (non-hydrogen) atoms. The molecule has 0 unspecified atom stereocenters. The Morgan fingerprint density at radius 1 is 1.17 bits per heavy atom. The second kappa shape index (κ2) is 5.45. The second-order valence-electron chi connectivity index (χ2n) is 3.80. The van der Waals surface area contributed by atoms with E-state index >= 15 is 0 Å². The molecular formula is C14H10N2OS. The van der Waals surface area contributed by atoms with Crippen LogP contribution in [0.25, 0.3) is 0 Å². The van der Waals surface area contributed by atoms with Crippen molar-refractivity contribution >= 4 is 34.6 Å². The van der Waals surface area contributed by atoms with Gasteiger partial charge in [-0.25, -0.2) is 4.99 Å². The van der Waals surface area contributed by atoms with Crippen LogP contribution in [0.2, 0.25) is 0 Å². The fraction of sp³-hybridized carbons (Fsp3) is 0.0714. The van der Waals surface area contributed by atoms with Crippen LogP contribution >= 0.6 is 12.2 Å². The molecule has 1 aliphatic rings. The Hall–Kier alpha value is -2.16. The summed E-state index contributed by atoms with van der Waals surface area (Å²) >= 11 is 4.56. The van der Waals surface area contributed by atoms with Crippen molar-refractivity contribution < 1.29 is 4.79 Å². The first-order chi connectivity index (χ1) is 8.69. The lowest BCUT2D eigenvalue weighted by Crippen LogP contribution is -2.06. The zero-order valence-electron chi connectivity index (χ0n) is 9.75. The lowest BCUT2D eigenvalue weighted by atomic mass is 10.1. The van der Waals surface area contributed by atoms with E-state index in [1.807, 2.05) is 31.2 Å². The Labute approximate surface area is 110 Å². The van der Waals surface area contributed by atoms with Gasteiger partial charge >= 0.3 is 0 Å². The zero-order chi connectivity index (χ0) is 13.0. The summed E-state index contributed by atoms with van der Waals surface area (Å²) in [6.07, 6.45) is 4.48. The fourth-order valence-electron chi connectivity index (χ4n) is 1.49. The minimum absolute atomic E-state index is 0.123. The molecule has 1 aromatic carbocycles. The lowest BCUT2D eigenvalue weighted by Gasteiger charge is -2.05. The SMILES string of the molecule is Cc1ccc(N=C2C=CC(=O)C=C2N=C=S)cc1. The van der Waals surface area contributed by atoms with Gasteiger partial charge in [0, 0.05) is 6.08 Å². The molecule has 3 nitrogen and oxygen atoms in total. The second-order valence-corrected chi connectivity index (χ2v) is 3.98. The first-order valence-corrected chi connectivity index (χ1v) is 5.77. The third-order valence-corrected chi connectivity index (χ3v) is 2.49. The van der Waals surface area contributed by atoms with Crippen LogP contribution in [0.4, 0.5) is 5.69 Å². The topological polar surface area (TPSA) is 41.8 Å². The quantitative estimate of drug-likeness (QED) is 0.462. The number of aliphatic imine (C=N–C) groups is 2. The van der Waals surface area contributed by atoms with Crippen LogP contribution in [0.15, 0.2) is 58.2 Å². The van der Waals surface area contributed by atoms with Crippen LogP contribution in [0.5, 0.6) is 0 Å². The van der Waals surface area contributed by atoms with Gasteiger partial charge < -0.3 is 0 Å². The Morgan fingerprint density at radius 2 is 1.89 bits per heavy atom. The maximum absolute atomic E-state index is 11.3. The highest BCUT2D eigenvalue weighted by Gasteiger charge is 2.10. The van der Waals surface area contributed by atoms with E-state index in [-0.39, 0.29) is 5.78 Å². The summed E-state index contributed by atoms with van der Waals surface area (Å²) in [6.45, 7) is 2.01. The molecule has 4 heteroatoms. The molecular weight excluding hydrogens is 244 g/mol. The maximum Gasteiger partial charge on any atom is 0.180 e. The first-order valence-electron chi connectivity index (χ1n) is 5.36. The van der Waals surface area contributed by atoms with Gasteiger partial charge in [-0.1, -0.05) is 17.7 Å². The van der Waals surface area contributed by atoms with E-state index in [4.69, 9.17) is 0 Å². The van der Waals surface area contributed by atoms with E-state index in [1.165, 1.54) is 17.7 Å². The number of carbonyl (C=O) groups is 1. The zero-order valence-corrected chi connectivity index (χ0v) is 10.6. The number of aryl methyl sites for hydroxylation is 1. The molecule has 0 N–H and O–H groups in total. The standard InChI is InChI=1S/C14H10N2OS/c1-10-2-4-11(5-3-10)16-13-7-6-12(17)8-14(13)15-9-18/h2-8H,1H3. The van der Waals surface area contributed by atoms with Crippen molar-refractivity contribution in [3.8, 4) is 0 Å². The molecule has 0 bridgehead atoms. The number of hydrogen-bond acceptors (Lipinski definition) is 4. The monoisotopic (exact) mass is 254 g/mol. The average Bonchev–Trinajstić information content (AvgIpc) is 2.36. The molecule has 0 atom stereocenters. The summed E-state index contributed by atoms with van der Waals surface area (Å²) in [5, 5.41) is 2.26. The van der Waals surface area contributed by atoms with Crippen LogP contribution in [-0.2, 0) is 4.79 Å². The Bertz CT molecular complexity index is 618. The number of rotatable bonds is 2. The third kappa shape index (κ3) is 2.94. The Kier molecular flexibility index (Phi) is 3.72. The summed E-state index contributed by atoms with van der Waals surface area (Å²) in [6, 6.07) is 7.77. The normalized spacial score (nSPS) is 16.4. The number of thiocarbonyl (C=S) groups is 1. The number of allylic oxidation sites excluding steroid dienone is 3. The van der Waals surface area contributed by atoms with Gasteiger partial charge in [-0.2, -0.15) is 4.99 Å². The minimum Gasteiger partial charge on any atom is -0.290 e. The largest absolute Gasteiger partial charge is 0.290 e. The van der Waals surface area contributed by atoms with Crippen molar-refractivity contribution in [2.75, 3.05) is 0 Å². The summed E-state index contributed by atoms with van der Waals surface area (Å²) in [5.74, 6) is -0.123. The van der Waals surface area contributed by atoms with Gasteiger partial charge in [0.2, 0.25) is 0 Å². The number of carbonyl (C=O) groups excluding carboxylic acids is 1. The number of benzene rings is 1. The fourth-order valence-corrected chi connectivity index (χ4v) is 1.59. The predicted octanol–water partition coefficient (Wildman–Crippen LogP) is 3.19.